The number of anilines is 1. The highest BCUT2D eigenvalue weighted by atomic mass is 32.2. The van der Waals surface area contributed by atoms with Crippen LogP contribution in [-0.2, 0) is 21.2 Å². The molecule has 0 saturated carbocycles. The van der Waals surface area contributed by atoms with E-state index in [1.165, 1.54) is 19.2 Å². The van der Waals surface area contributed by atoms with Gasteiger partial charge >= 0.3 is 0 Å². The second-order valence-corrected chi connectivity index (χ2v) is 9.47. The SMILES string of the molecule is CCCCc1ccc(N(C(=O)COc2ccccc2OC)S(=O)(=O)c2ccc(C)cc2)cc1. The number of amides is 1. The lowest BCUT2D eigenvalue weighted by Crippen LogP contribution is -2.40. The van der Waals surface area contributed by atoms with Gasteiger partial charge in [-0.3, -0.25) is 4.79 Å². The third-order valence-corrected chi connectivity index (χ3v) is 6.96. The van der Waals surface area contributed by atoms with Crippen LogP contribution in [0, 0.1) is 6.92 Å². The van der Waals surface area contributed by atoms with E-state index in [-0.39, 0.29) is 10.6 Å². The molecule has 0 aliphatic carbocycles. The summed E-state index contributed by atoms with van der Waals surface area (Å²) < 4.78 is 38.7. The summed E-state index contributed by atoms with van der Waals surface area (Å²) in [6.45, 7) is 3.52. The molecule has 7 heteroatoms. The normalized spacial score (nSPS) is 11.1. The summed E-state index contributed by atoms with van der Waals surface area (Å²) in [6, 6.07) is 20.3. The van der Waals surface area contributed by atoms with Gasteiger partial charge in [0.1, 0.15) is 0 Å². The lowest BCUT2D eigenvalue weighted by atomic mass is 10.1. The second kappa shape index (κ2) is 11.0. The lowest BCUT2D eigenvalue weighted by Gasteiger charge is -2.23. The Morgan fingerprint density at radius 3 is 2.15 bits per heavy atom. The first-order valence-electron chi connectivity index (χ1n) is 10.9. The van der Waals surface area contributed by atoms with Crippen LogP contribution < -0.4 is 13.8 Å². The van der Waals surface area contributed by atoms with Gasteiger partial charge in [0.15, 0.2) is 18.1 Å². The van der Waals surface area contributed by atoms with Gasteiger partial charge in [0, 0.05) is 0 Å². The number of hydrogen-bond donors (Lipinski definition) is 0. The highest BCUT2D eigenvalue weighted by molar-refractivity contribution is 7.93. The number of hydrogen-bond acceptors (Lipinski definition) is 5. The molecule has 3 aromatic rings. The summed E-state index contributed by atoms with van der Waals surface area (Å²) in [5.41, 5.74) is 2.28. The quantitative estimate of drug-likeness (QED) is 0.412. The van der Waals surface area contributed by atoms with E-state index in [1.807, 2.05) is 19.1 Å². The molecule has 3 rings (SSSR count). The Kier molecular flexibility index (Phi) is 8.11. The molecule has 0 aliphatic heterocycles. The van der Waals surface area contributed by atoms with Crippen LogP contribution in [-0.4, -0.2) is 28.0 Å². The molecule has 0 bridgehead atoms. The predicted octanol–water partition coefficient (Wildman–Crippen LogP) is 5.15. The number of benzene rings is 3. The lowest BCUT2D eigenvalue weighted by molar-refractivity contribution is -0.119. The minimum Gasteiger partial charge on any atom is -0.493 e. The van der Waals surface area contributed by atoms with Crippen molar-refractivity contribution in [1.29, 1.82) is 0 Å². The number of methoxy groups -OCH3 is 1. The van der Waals surface area contributed by atoms with Gasteiger partial charge in [-0.25, -0.2) is 8.42 Å². The van der Waals surface area contributed by atoms with Crippen molar-refractivity contribution < 1.29 is 22.7 Å². The van der Waals surface area contributed by atoms with Crippen molar-refractivity contribution in [2.45, 2.75) is 38.0 Å². The Morgan fingerprint density at radius 2 is 1.55 bits per heavy atom. The molecular formula is C26H29NO5S. The van der Waals surface area contributed by atoms with Gasteiger partial charge in [0.25, 0.3) is 15.9 Å². The minimum atomic E-state index is -4.15. The van der Waals surface area contributed by atoms with Crippen molar-refractivity contribution in [3.05, 3.63) is 83.9 Å². The number of carbonyl (C=O) groups is 1. The largest absolute Gasteiger partial charge is 0.493 e. The van der Waals surface area contributed by atoms with Gasteiger partial charge in [-0.2, -0.15) is 4.31 Å². The van der Waals surface area contributed by atoms with Gasteiger partial charge in [-0.1, -0.05) is 55.3 Å². The van der Waals surface area contributed by atoms with Gasteiger partial charge in [-0.05, 0) is 61.7 Å². The molecule has 3 aromatic carbocycles. The summed E-state index contributed by atoms with van der Waals surface area (Å²) in [5, 5.41) is 0. The van der Waals surface area contributed by atoms with E-state index in [0.717, 1.165) is 34.7 Å². The Balaban J connectivity index is 1.94. The van der Waals surface area contributed by atoms with Crippen LogP contribution in [0.2, 0.25) is 0 Å². The summed E-state index contributed by atoms with van der Waals surface area (Å²) in [5.74, 6) is 0.109. The number of aryl methyl sites for hydroxylation is 2. The van der Waals surface area contributed by atoms with Crippen molar-refractivity contribution in [2.24, 2.45) is 0 Å². The highest BCUT2D eigenvalue weighted by Crippen LogP contribution is 2.28. The maximum absolute atomic E-state index is 13.5. The van der Waals surface area contributed by atoms with Crippen LogP contribution in [0.15, 0.2) is 77.7 Å². The summed E-state index contributed by atoms with van der Waals surface area (Å²) in [4.78, 5) is 13.3. The van der Waals surface area contributed by atoms with Crippen LogP contribution in [0.5, 0.6) is 11.5 Å². The van der Waals surface area contributed by atoms with Crippen LogP contribution in [0.1, 0.15) is 30.9 Å². The molecule has 0 radical (unpaired) electrons. The number of sulfonamides is 1. The maximum atomic E-state index is 13.5. The van der Waals surface area contributed by atoms with E-state index in [1.54, 1.807) is 48.5 Å². The molecule has 33 heavy (non-hydrogen) atoms. The fourth-order valence-corrected chi connectivity index (χ4v) is 4.76. The van der Waals surface area contributed by atoms with E-state index in [0.29, 0.717) is 11.5 Å². The molecule has 0 saturated heterocycles. The molecule has 6 nitrogen and oxygen atoms in total. The molecule has 0 aliphatic rings. The number of nitrogens with zero attached hydrogens (tertiary/aromatic N) is 1. The van der Waals surface area contributed by atoms with Gasteiger partial charge in [0.2, 0.25) is 0 Å². The van der Waals surface area contributed by atoms with E-state index < -0.39 is 22.5 Å². The average molecular weight is 468 g/mol. The molecule has 0 unspecified atom stereocenters. The van der Waals surface area contributed by atoms with Crippen LogP contribution in [0.25, 0.3) is 0 Å². The first kappa shape index (κ1) is 24.3. The topological polar surface area (TPSA) is 72.9 Å². The zero-order valence-electron chi connectivity index (χ0n) is 19.2. The molecular weight excluding hydrogens is 438 g/mol. The number of ether oxygens (including phenoxy) is 2. The molecule has 0 atom stereocenters. The average Bonchev–Trinajstić information content (AvgIpc) is 2.82. The highest BCUT2D eigenvalue weighted by Gasteiger charge is 2.31. The Morgan fingerprint density at radius 1 is 0.909 bits per heavy atom. The molecule has 0 heterocycles. The van der Waals surface area contributed by atoms with Gasteiger partial charge in [0.05, 0.1) is 17.7 Å². The van der Waals surface area contributed by atoms with Crippen molar-refractivity contribution in [3.63, 3.8) is 0 Å². The van der Waals surface area contributed by atoms with E-state index in [4.69, 9.17) is 9.47 Å². The summed E-state index contributed by atoms with van der Waals surface area (Å²) >= 11 is 0. The number of rotatable bonds is 10. The second-order valence-electron chi connectivity index (χ2n) is 7.69. The molecule has 174 valence electrons. The fourth-order valence-electron chi connectivity index (χ4n) is 3.35. The Bertz CT molecular complexity index is 1170. The van der Waals surface area contributed by atoms with Crippen LogP contribution in [0.4, 0.5) is 5.69 Å². The Labute approximate surface area is 195 Å². The number of carbonyl (C=O) groups excluding carboxylic acids is 1. The van der Waals surface area contributed by atoms with E-state index in [9.17, 15) is 13.2 Å². The van der Waals surface area contributed by atoms with Crippen molar-refractivity contribution in [3.8, 4) is 11.5 Å². The van der Waals surface area contributed by atoms with Crippen molar-refractivity contribution in [2.75, 3.05) is 18.0 Å². The van der Waals surface area contributed by atoms with Crippen LogP contribution >= 0.6 is 0 Å². The summed E-state index contributed by atoms with van der Waals surface area (Å²) in [6.07, 6.45) is 3.00. The monoisotopic (exact) mass is 467 g/mol. The smallest absolute Gasteiger partial charge is 0.278 e. The minimum absolute atomic E-state index is 0.0359. The third-order valence-electron chi connectivity index (χ3n) is 5.20. The molecule has 0 spiro atoms. The third kappa shape index (κ3) is 5.93. The molecule has 1 amide bonds. The van der Waals surface area contributed by atoms with Crippen LogP contribution in [0.3, 0.4) is 0 Å². The first-order chi connectivity index (χ1) is 15.9. The van der Waals surface area contributed by atoms with Gasteiger partial charge in [-0.15, -0.1) is 0 Å². The van der Waals surface area contributed by atoms with Crippen molar-refractivity contribution >= 4 is 21.6 Å². The predicted molar refractivity (Wildman–Crippen MR) is 129 cm³/mol. The van der Waals surface area contributed by atoms with Crippen molar-refractivity contribution in [1.82, 2.24) is 0 Å². The zero-order chi connectivity index (χ0) is 23.8. The maximum Gasteiger partial charge on any atom is 0.278 e. The zero-order valence-corrected chi connectivity index (χ0v) is 20.0. The number of para-hydroxylation sites is 2. The van der Waals surface area contributed by atoms with Gasteiger partial charge < -0.3 is 9.47 Å². The molecule has 0 N–H and O–H groups in total. The Hall–Kier alpha value is -3.32. The standard InChI is InChI=1S/C26H29NO5S/c1-4-5-8-21-13-15-22(16-14-21)27(33(29,30)23-17-11-20(2)12-18-23)26(28)19-32-25-10-7-6-9-24(25)31-3/h6-7,9-18H,4-5,8,19H2,1-3H3. The van der Waals surface area contributed by atoms with E-state index in [2.05, 4.69) is 6.92 Å². The summed E-state index contributed by atoms with van der Waals surface area (Å²) in [7, 11) is -2.65. The fraction of sp³-hybridized carbons (Fsp3) is 0.269. The number of unbranched alkanes of at least 4 members (excludes halogenated alkanes) is 1. The molecule has 0 aromatic heterocycles. The first-order valence-corrected chi connectivity index (χ1v) is 12.3. The molecule has 0 fully saturated rings. The van der Waals surface area contributed by atoms with E-state index >= 15 is 0 Å².